The number of nitrogens with one attached hydrogen (secondary N) is 3. The van der Waals surface area contributed by atoms with Gasteiger partial charge in [0.1, 0.15) is 0 Å². The van der Waals surface area contributed by atoms with Crippen LogP contribution in [0.25, 0.3) is 0 Å². The SMILES string of the molecule is CC(NC(=O)c1ccc(NC(=O)CNc2ccc(C(=O)N(C)c3ccccc3)cc2)cc1)c1ccccc1. The molecule has 0 fully saturated rings. The fourth-order valence-electron chi connectivity index (χ4n) is 3.89. The predicted molar refractivity (Wildman–Crippen MR) is 152 cm³/mol. The van der Waals surface area contributed by atoms with Gasteiger partial charge in [-0.05, 0) is 73.2 Å². The highest BCUT2D eigenvalue weighted by atomic mass is 16.2. The Bertz CT molecular complexity index is 1370. The summed E-state index contributed by atoms with van der Waals surface area (Å²) in [6.45, 7) is 1.98. The predicted octanol–water partition coefficient (Wildman–Crippen LogP) is 5.50. The van der Waals surface area contributed by atoms with Gasteiger partial charge in [-0.3, -0.25) is 14.4 Å². The Morgan fingerprint density at radius 1 is 0.711 bits per heavy atom. The van der Waals surface area contributed by atoms with Crippen molar-refractivity contribution in [1.29, 1.82) is 0 Å². The lowest BCUT2D eigenvalue weighted by molar-refractivity contribution is -0.114. The zero-order chi connectivity index (χ0) is 26.9. The zero-order valence-electron chi connectivity index (χ0n) is 21.3. The monoisotopic (exact) mass is 506 g/mol. The molecule has 7 heteroatoms. The maximum absolute atomic E-state index is 12.7. The number of carbonyl (C=O) groups is 3. The second-order valence-electron chi connectivity index (χ2n) is 8.86. The molecule has 0 spiro atoms. The lowest BCUT2D eigenvalue weighted by atomic mass is 10.1. The van der Waals surface area contributed by atoms with Crippen LogP contribution in [0, 0.1) is 0 Å². The highest BCUT2D eigenvalue weighted by molar-refractivity contribution is 6.06. The molecule has 0 aliphatic carbocycles. The maximum atomic E-state index is 12.7. The Hall–Kier alpha value is -4.91. The van der Waals surface area contributed by atoms with Crippen LogP contribution in [-0.4, -0.2) is 31.3 Å². The Kier molecular flexibility index (Phi) is 8.51. The first-order chi connectivity index (χ1) is 18.4. The van der Waals surface area contributed by atoms with Crippen molar-refractivity contribution in [3.05, 3.63) is 126 Å². The molecule has 4 rings (SSSR count). The minimum atomic E-state index is -0.233. The highest BCUT2D eigenvalue weighted by Gasteiger charge is 2.14. The summed E-state index contributed by atoms with van der Waals surface area (Å²) in [4.78, 5) is 39.3. The topological polar surface area (TPSA) is 90.5 Å². The van der Waals surface area contributed by atoms with Gasteiger partial charge in [0.15, 0.2) is 0 Å². The molecule has 1 unspecified atom stereocenters. The van der Waals surface area contributed by atoms with E-state index < -0.39 is 0 Å². The van der Waals surface area contributed by atoms with Crippen molar-refractivity contribution in [2.24, 2.45) is 0 Å². The average Bonchev–Trinajstić information content (AvgIpc) is 2.97. The molecule has 38 heavy (non-hydrogen) atoms. The van der Waals surface area contributed by atoms with E-state index in [1.807, 2.05) is 67.6 Å². The van der Waals surface area contributed by atoms with Crippen LogP contribution < -0.4 is 20.9 Å². The summed E-state index contributed by atoms with van der Waals surface area (Å²) >= 11 is 0. The zero-order valence-corrected chi connectivity index (χ0v) is 21.3. The summed E-state index contributed by atoms with van der Waals surface area (Å²) in [7, 11) is 1.73. The second-order valence-corrected chi connectivity index (χ2v) is 8.86. The van der Waals surface area contributed by atoms with Crippen LogP contribution >= 0.6 is 0 Å². The van der Waals surface area contributed by atoms with E-state index in [1.165, 1.54) is 0 Å². The minimum Gasteiger partial charge on any atom is -0.376 e. The quantitative estimate of drug-likeness (QED) is 0.279. The van der Waals surface area contributed by atoms with Gasteiger partial charge in [-0.1, -0.05) is 48.5 Å². The summed E-state index contributed by atoms with van der Waals surface area (Å²) in [5, 5.41) is 8.85. The summed E-state index contributed by atoms with van der Waals surface area (Å²) in [5.74, 6) is -0.534. The number of carbonyl (C=O) groups excluding carboxylic acids is 3. The van der Waals surface area contributed by atoms with Crippen molar-refractivity contribution < 1.29 is 14.4 Å². The molecule has 0 saturated heterocycles. The third kappa shape index (κ3) is 6.85. The number of rotatable bonds is 9. The van der Waals surface area contributed by atoms with Gasteiger partial charge in [0, 0.05) is 35.2 Å². The lowest BCUT2D eigenvalue weighted by Crippen LogP contribution is -2.26. The first kappa shape index (κ1) is 26.2. The maximum Gasteiger partial charge on any atom is 0.258 e. The van der Waals surface area contributed by atoms with E-state index in [2.05, 4.69) is 16.0 Å². The second kappa shape index (κ2) is 12.4. The molecule has 4 aromatic rings. The summed E-state index contributed by atoms with van der Waals surface area (Å²) in [6.07, 6.45) is 0. The van der Waals surface area contributed by atoms with Crippen molar-refractivity contribution in [2.45, 2.75) is 13.0 Å². The molecule has 1 atom stereocenters. The van der Waals surface area contributed by atoms with Gasteiger partial charge in [-0.25, -0.2) is 0 Å². The molecule has 3 amide bonds. The number of hydrogen-bond acceptors (Lipinski definition) is 4. The first-order valence-electron chi connectivity index (χ1n) is 12.3. The molecule has 192 valence electrons. The molecule has 0 saturated carbocycles. The number of nitrogens with zero attached hydrogens (tertiary/aromatic N) is 1. The summed E-state index contributed by atoms with van der Waals surface area (Å²) in [5.41, 5.74) is 4.21. The number of para-hydroxylation sites is 1. The molecule has 0 radical (unpaired) electrons. The Balaban J connectivity index is 1.25. The molecule has 0 aliphatic rings. The number of benzene rings is 4. The van der Waals surface area contributed by atoms with E-state index in [-0.39, 0.29) is 30.3 Å². The summed E-state index contributed by atoms with van der Waals surface area (Å²) < 4.78 is 0. The van der Waals surface area contributed by atoms with E-state index in [9.17, 15) is 14.4 Å². The largest absolute Gasteiger partial charge is 0.376 e. The van der Waals surface area contributed by atoms with E-state index in [0.717, 1.165) is 16.9 Å². The van der Waals surface area contributed by atoms with Crippen molar-refractivity contribution in [1.82, 2.24) is 5.32 Å². The molecule has 3 N–H and O–H groups in total. The summed E-state index contributed by atoms with van der Waals surface area (Å²) in [6, 6.07) is 32.8. The van der Waals surface area contributed by atoms with Gasteiger partial charge in [-0.15, -0.1) is 0 Å². The van der Waals surface area contributed by atoms with Crippen molar-refractivity contribution in [3.8, 4) is 0 Å². The van der Waals surface area contributed by atoms with Crippen molar-refractivity contribution >= 4 is 34.8 Å². The molecule has 0 aliphatic heterocycles. The first-order valence-corrected chi connectivity index (χ1v) is 12.3. The van der Waals surface area contributed by atoms with Gasteiger partial charge in [-0.2, -0.15) is 0 Å². The van der Waals surface area contributed by atoms with E-state index in [1.54, 1.807) is 60.5 Å². The normalized spacial score (nSPS) is 11.2. The molecule has 0 heterocycles. The van der Waals surface area contributed by atoms with Gasteiger partial charge < -0.3 is 20.9 Å². The van der Waals surface area contributed by atoms with Gasteiger partial charge in [0.05, 0.1) is 12.6 Å². The average molecular weight is 507 g/mol. The van der Waals surface area contributed by atoms with Crippen LogP contribution in [-0.2, 0) is 4.79 Å². The smallest absolute Gasteiger partial charge is 0.258 e. The van der Waals surface area contributed by atoms with Crippen LogP contribution in [0.4, 0.5) is 17.1 Å². The molecule has 0 bridgehead atoms. The lowest BCUT2D eigenvalue weighted by Gasteiger charge is -2.17. The number of anilines is 3. The van der Waals surface area contributed by atoms with Gasteiger partial charge >= 0.3 is 0 Å². The molecule has 4 aromatic carbocycles. The fourth-order valence-corrected chi connectivity index (χ4v) is 3.89. The molecule has 0 aromatic heterocycles. The Morgan fingerprint density at radius 3 is 1.89 bits per heavy atom. The van der Waals surface area contributed by atoms with E-state index >= 15 is 0 Å². The van der Waals surface area contributed by atoms with Crippen molar-refractivity contribution in [2.75, 3.05) is 29.1 Å². The van der Waals surface area contributed by atoms with Crippen LogP contribution in [0.15, 0.2) is 109 Å². The highest BCUT2D eigenvalue weighted by Crippen LogP contribution is 2.17. The number of amides is 3. The molecule has 7 nitrogen and oxygen atoms in total. The Morgan fingerprint density at radius 2 is 1.26 bits per heavy atom. The minimum absolute atomic E-state index is 0.0496. The molecular formula is C31H30N4O3. The van der Waals surface area contributed by atoms with Gasteiger partial charge in [0.25, 0.3) is 11.8 Å². The van der Waals surface area contributed by atoms with Crippen LogP contribution in [0.1, 0.15) is 39.2 Å². The fraction of sp³-hybridized carbons (Fsp3) is 0.129. The van der Waals surface area contributed by atoms with Crippen LogP contribution in [0.3, 0.4) is 0 Å². The van der Waals surface area contributed by atoms with E-state index in [4.69, 9.17) is 0 Å². The molecular weight excluding hydrogens is 476 g/mol. The van der Waals surface area contributed by atoms with Crippen LogP contribution in [0.2, 0.25) is 0 Å². The standard InChI is InChI=1S/C31H30N4O3/c1-22(23-9-5-3-6-10-23)33-30(37)24-13-19-27(20-14-24)34-29(36)21-32-26-17-15-25(16-18-26)31(38)35(2)28-11-7-4-8-12-28/h3-20,22,32H,21H2,1-2H3,(H,33,37)(H,34,36). The number of hydrogen-bond donors (Lipinski definition) is 3. The Labute approximate surface area is 222 Å². The van der Waals surface area contributed by atoms with Crippen molar-refractivity contribution in [3.63, 3.8) is 0 Å². The van der Waals surface area contributed by atoms with Gasteiger partial charge in [0.2, 0.25) is 5.91 Å². The third-order valence-electron chi connectivity index (χ3n) is 6.11. The third-order valence-corrected chi connectivity index (χ3v) is 6.11. The van der Waals surface area contributed by atoms with Crippen LogP contribution in [0.5, 0.6) is 0 Å². The van der Waals surface area contributed by atoms with E-state index in [0.29, 0.717) is 16.8 Å².